The lowest BCUT2D eigenvalue weighted by Crippen LogP contribution is -2.44. The largest absolute Gasteiger partial charge is 0.394 e. The molecular formula is C14H23N3O2. The summed E-state index contributed by atoms with van der Waals surface area (Å²) in [5.74, 6) is 0. The van der Waals surface area contributed by atoms with Gasteiger partial charge in [0.15, 0.2) is 0 Å². The quantitative estimate of drug-likeness (QED) is 0.830. The van der Waals surface area contributed by atoms with Gasteiger partial charge in [-0.25, -0.2) is 0 Å². The van der Waals surface area contributed by atoms with Gasteiger partial charge in [0.2, 0.25) is 0 Å². The minimum Gasteiger partial charge on any atom is -0.394 e. The van der Waals surface area contributed by atoms with Crippen molar-refractivity contribution in [3.8, 4) is 0 Å². The molecule has 0 aromatic carbocycles. The average molecular weight is 265 g/mol. The Hall–Kier alpha value is -1.17. The van der Waals surface area contributed by atoms with Crippen LogP contribution >= 0.6 is 0 Å². The molecule has 1 saturated heterocycles. The molecule has 5 nitrogen and oxygen atoms in total. The van der Waals surface area contributed by atoms with Crippen LogP contribution in [0.25, 0.3) is 0 Å². The molecule has 5 heteroatoms. The van der Waals surface area contributed by atoms with Crippen molar-refractivity contribution in [1.29, 1.82) is 0 Å². The van der Waals surface area contributed by atoms with Gasteiger partial charge in [0.25, 0.3) is 0 Å². The maximum atomic E-state index is 9.16. The lowest BCUT2D eigenvalue weighted by molar-refractivity contribution is 0.00355. The van der Waals surface area contributed by atoms with Crippen LogP contribution in [0.2, 0.25) is 0 Å². The second-order valence-corrected chi connectivity index (χ2v) is 4.81. The van der Waals surface area contributed by atoms with Crippen molar-refractivity contribution in [2.24, 2.45) is 0 Å². The maximum Gasteiger partial charge on any atom is 0.0980 e. The van der Waals surface area contributed by atoms with Crippen LogP contribution in [0.3, 0.4) is 0 Å². The zero-order valence-corrected chi connectivity index (χ0v) is 11.7. The molecule has 2 N–H and O–H groups in total. The molecule has 2 rings (SSSR count). The first-order chi connectivity index (χ1) is 9.28. The van der Waals surface area contributed by atoms with Crippen molar-refractivity contribution in [3.63, 3.8) is 0 Å². The molecule has 1 aromatic rings. The van der Waals surface area contributed by atoms with E-state index in [-0.39, 0.29) is 12.7 Å². The van der Waals surface area contributed by atoms with Crippen molar-refractivity contribution < 1.29 is 9.84 Å². The molecule has 2 unspecified atom stereocenters. The van der Waals surface area contributed by atoms with E-state index in [1.807, 2.05) is 13.2 Å². The van der Waals surface area contributed by atoms with Gasteiger partial charge in [0.1, 0.15) is 0 Å². The third-order valence-electron chi connectivity index (χ3n) is 3.59. The number of aromatic nitrogens is 1. The number of anilines is 1. The summed E-state index contributed by atoms with van der Waals surface area (Å²) in [6.07, 6.45) is 2.84. The first kappa shape index (κ1) is 14.2. The zero-order valence-electron chi connectivity index (χ0n) is 11.7. The van der Waals surface area contributed by atoms with Crippen LogP contribution in [0, 0.1) is 0 Å². The number of aliphatic hydroxyl groups is 1. The van der Waals surface area contributed by atoms with E-state index in [1.165, 1.54) is 0 Å². The summed E-state index contributed by atoms with van der Waals surface area (Å²) < 4.78 is 5.45. The predicted octanol–water partition coefficient (Wildman–Crippen LogP) is 0.950. The van der Waals surface area contributed by atoms with Crippen LogP contribution < -0.4 is 10.2 Å². The molecule has 19 heavy (non-hydrogen) atoms. The van der Waals surface area contributed by atoms with Gasteiger partial charge in [0.05, 0.1) is 36.9 Å². The van der Waals surface area contributed by atoms with Crippen LogP contribution in [0.4, 0.5) is 5.69 Å². The molecular weight excluding hydrogens is 242 g/mol. The summed E-state index contributed by atoms with van der Waals surface area (Å²) in [4.78, 5) is 6.75. The van der Waals surface area contributed by atoms with Gasteiger partial charge in [0, 0.05) is 19.1 Å². The normalized spacial score (nSPS) is 21.4. The minimum atomic E-state index is -0.0888. The van der Waals surface area contributed by atoms with Crippen LogP contribution in [0.15, 0.2) is 18.3 Å². The first-order valence-corrected chi connectivity index (χ1v) is 6.89. The molecule has 0 spiro atoms. The topological polar surface area (TPSA) is 57.6 Å². The maximum absolute atomic E-state index is 9.16. The van der Waals surface area contributed by atoms with E-state index < -0.39 is 0 Å². The highest BCUT2D eigenvalue weighted by Gasteiger charge is 2.20. The smallest absolute Gasteiger partial charge is 0.0980 e. The summed E-state index contributed by atoms with van der Waals surface area (Å²) in [5, 5.41) is 12.4. The Labute approximate surface area is 114 Å². The third-order valence-corrected chi connectivity index (χ3v) is 3.59. The molecule has 1 aliphatic rings. The van der Waals surface area contributed by atoms with E-state index in [0.29, 0.717) is 12.6 Å². The second kappa shape index (κ2) is 6.84. The van der Waals surface area contributed by atoms with Crippen molar-refractivity contribution in [3.05, 3.63) is 24.0 Å². The fourth-order valence-corrected chi connectivity index (χ4v) is 2.42. The summed E-state index contributed by atoms with van der Waals surface area (Å²) in [5.41, 5.74) is 2.16. The van der Waals surface area contributed by atoms with Gasteiger partial charge in [-0.2, -0.15) is 0 Å². The van der Waals surface area contributed by atoms with E-state index in [1.54, 1.807) is 0 Å². The van der Waals surface area contributed by atoms with Crippen LogP contribution in [0.1, 0.15) is 25.1 Å². The van der Waals surface area contributed by atoms with Gasteiger partial charge in [-0.1, -0.05) is 6.92 Å². The van der Waals surface area contributed by atoms with Crippen molar-refractivity contribution in [2.75, 3.05) is 38.3 Å². The highest BCUT2D eigenvalue weighted by molar-refractivity contribution is 5.45. The first-order valence-electron chi connectivity index (χ1n) is 6.89. The molecule has 0 amide bonds. The van der Waals surface area contributed by atoms with Crippen molar-refractivity contribution >= 4 is 5.69 Å². The number of aliphatic hydroxyl groups excluding tert-OH is 1. The van der Waals surface area contributed by atoms with Crippen molar-refractivity contribution in [1.82, 2.24) is 10.3 Å². The molecule has 1 aliphatic heterocycles. The summed E-state index contributed by atoms with van der Waals surface area (Å²) in [6.45, 7) is 4.44. The molecule has 0 bridgehead atoms. The third kappa shape index (κ3) is 3.43. The monoisotopic (exact) mass is 265 g/mol. The summed E-state index contributed by atoms with van der Waals surface area (Å²) in [6, 6.07) is 4.48. The van der Waals surface area contributed by atoms with Crippen LogP contribution in [-0.2, 0) is 4.74 Å². The molecule has 0 aliphatic carbocycles. The highest BCUT2D eigenvalue weighted by Crippen LogP contribution is 2.20. The molecule has 106 valence electrons. The number of hydrogen-bond donors (Lipinski definition) is 2. The lowest BCUT2D eigenvalue weighted by atomic mass is 10.1. The minimum absolute atomic E-state index is 0.0691. The Morgan fingerprint density at radius 3 is 3.00 bits per heavy atom. The van der Waals surface area contributed by atoms with Gasteiger partial charge in [-0.05, 0) is 25.6 Å². The fraction of sp³-hybridized carbons (Fsp3) is 0.643. The standard InChI is InChI=1S/C14H23N3O2/c1-3-13(15-2)14-5-4-11(8-16-14)17-6-7-19-12(9-17)10-18/h4-5,8,12-13,15,18H,3,6-7,9-10H2,1-2H3. The number of rotatable bonds is 5. The van der Waals surface area contributed by atoms with E-state index in [0.717, 1.165) is 30.9 Å². The fourth-order valence-electron chi connectivity index (χ4n) is 2.42. The van der Waals surface area contributed by atoms with Gasteiger partial charge in [-0.15, -0.1) is 0 Å². The molecule has 2 heterocycles. The average Bonchev–Trinajstić information content (AvgIpc) is 2.49. The molecule has 0 saturated carbocycles. The van der Waals surface area contributed by atoms with E-state index in [2.05, 4.69) is 34.3 Å². The van der Waals surface area contributed by atoms with Gasteiger partial charge < -0.3 is 20.1 Å². The van der Waals surface area contributed by atoms with Crippen LogP contribution in [-0.4, -0.2) is 49.5 Å². The number of nitrogens with one attached hydrogen (secondary N) is 1. The Bertz CT molecular complexity index is 379. The molecule has 0 radical (unpaired) electrons. The summed E-state index contributed by atoms with van der Waals surface area (Å²) >= 11 is 0. The van der Waals surface area contributed by atoms with Gasteiger partial charge >= 0.3 is 0 Å². The van der Waals surface area contributed by atoms with Crippen molar-refractivity contribution in [2.45, 2.75) is 25.5 Å². The Kier molecular flexibility index (Phi) is 5.13. The lowest BCUT2D eigenvalue weighted by Gasteiger charge is -2.33. The van der Waals surface area contributed by atoms with Gasteiger partial charge in [-0.3, -0.25) is 4.98 Å². The molecule has 1 aromatic heterocycles. The summed E-state index contributed by atoms with van der Waals surface area (Å²) in [7, 11) is 1.96. The second-order valence-electron chi connectivity index (χ2n) is 4.81. The Balaban J connectivity index is 2.05. The number of hydrogen-bond acceptors (Lipinski definition) is 5. The SMILES string of the molecule is CCC(NC)c1ccc(N2CCOC(CO)C2)cn1. The van der Waals surface area contributed by atoms with Crippen LogP contribution in [0.5, 0.6) is 0 Å². The number of morpholine rings is 1. The molecule has 1 fully saturated rings. The number of nitrogens with zero attached hydrogens (tertiary/aromatic N) is 2. The van der Waals surface area contributed by atoms with E-state index in [9.17, 15) is 0 Å². The molecule has 2 atom stereocenters. The Morgan fingerprint density at radius 1 is 1.58 bits per heavy atom. The number of pyridine rings is 1. The highest BCUT2D eigenvalue weighted by atomic mass is 16.5. The zero-order chi connectivity index (χ0) is 13.7. The van der Waals surface area contributed by atoms with E-state index >= 15 is 0 Å². The predicted molar refractivity (Wildman–Crippen MR) is 75.4 cm³/mol. The Morgan fingerprint density at radius 2 is 2.42 bits per heavy atom. The van der Waals surface area contributed by atoms with E-state index in [4.69, 9.17) is 9.84 Å². The number of ether oxygens (including phenoxy) is 1.